The number of fused-ring (bicyclic) bond motifs is 3. The van der Waals surface area contributed by atoms with Crippen molar-refractivity contribution in [3.8, 4) is 11.1 Å². The molecule has 0 bridgehead atoms. The van der Waals surface area contributed by atoms with Crippen molar-refractivity contribution >= 4 is 35.5 Å². The molecule has 2 aliphatic carbocycles. The molecule has 5 amide bonds. The Morgan fingerprint density at radius 3 is 1.90 bits per heavy atom. The van der Waals surface area contributed by atoms with E-state index in [1.807, 2.05) is 62.4 Å². The molecule has 1 heterocycles. The van der Waals surface area contributed by atoms with E-state index in [0.717, 1.165) is 35.1 Å². The van der Waals surface area contributed by atoms with Gasteiger partial charge in [0.2, 0.25) is 23.5 Å². The smallest absolute Gasteiger partial charge is 0.407 e. The Kier molecular flexibility index (Phi) is 11.5. The summed E-state index contributed by atoms with van der Waals surface area (Å²) in [6.45, 7) is 4.26. The highest BCUT2D eigenvalue weighted by Gasteiger charge is 2.37. The second-order valence-corrected chi connectivity index (χ2v) is 12.8. The number of Topliss-reactive ketones (excluding diaryl/α,β-unsaturated/α-hetero) is 1. The van der Waals surface area contributed by atoms with E-state index in [0.29, 0.717) is 32.2 Å². The van der Waals surface area contributed by atoms with Gasteiger partial charge >= 0.3 is 6.09 Å². The third-order valence-corrected chi connectivity index (χ3v) is 9.19. The molecule has 0 unspecified atom stereocenters. The lowest BCUT2D eigenvalue weighted by Crippen LogP contribution is -2.57. The van der Waals surface area contributed by atoms with Crippen LogP contribution < -0.4 is 26.6 Å². The highest BCUT2D eigenvalue weighted by atomic mass is 16.5. The van der Waals surface area contributed by atoms with Gasteiger partial charge in [-0.05, 0) is 60.8 Å². The Morgan fingerprint density at radius 1 is 0.792 bits per heavy atom. The molecular formula is C36H45N5O7. The summed E-state index contributed by atoms with van der Waals surface area (Å²) in [5.41, 5.74) is 4.34. The maximum Gasteiger partial charge on any atom is 0.407 e. The van der Waals surface area contributed by atoms with Crippen LogP contribution in [-0.2, 0) is 28.7 Å². The number of hydrogen-bond acceptors (Lipinski definition) is 7. The first kappa shape index (κ1) is 34.6. The third-order valence-electron chi connectivity index (χ3n) is 9.19. The van der Waals surface area contributed by atoms with Gasteiger partial charge in [0, 0.05) is 24.4 Å². The lowest BCUT2D eigenvalue weighted by Gasteiger charge is -2.25. The normalized spacial score (nSPS) is 18.4. The van der Waals surface area contributed by atoms with Crippen molar-refractivity contribution in [1.82, 2.24) is 26.6 Å². The van der Waals surface area contributed by atoms with Gasteiger partial charge in [0.25, 0.3) is 5.91 Å². The standard InChI is InChI=1S/C36H45N5O7/c1-3-9-28(33(44)40-30(19-21-17-18-37-32(21)43)31(42)35(46)38-22-15-16-22)39-34(45)29(10-4-2)41-36(47)48-20-27-25-13-7-5-11-23(25)24-12-6-8-14-26(24)27/h5-8,11-14,21-22,27-30H,3-4,9-10,15-20H2,1-2H3,(H,37,43)(H,38,46)(H,39,45)(H,40,44)(H,41,47)/t21-,28-,29+,30-/m0/s1. The van der Waals surface area contributed by atoms with Crippen molar-refractivity contribution in [2.45, 2.75) is 95.3 Å². The maximum absolute atomic E-state index is 13.5. The Balaban J connectivity index is 1.21. The molecule has 48 heavy (non-hydrogen) atoms. The summed E-state index contributed by atoms with van der Waals surface area (Å²) in [6, 6.07) is 12.7. The van der Waals surface area contributed by atoms with Crippen LogP contribution in [0.1, 0.15) is 82.3 Å². The zero-order valence-corrected chi connectivity index (χ0v) is 27.5. The van der Waals surface area contributed by atoms with Gasteiger partial charge in [-0.25, -0.2) is 4.79 Å². The van der Waals surface area contributed by atoms with E-state index in [-0.39, 0.29) is 37.3 Å². The van der Waals surface area contributed by atoms with Crippen LogP contribution in [0.5, 0.6) is 0 Å². The van der Waals surface area contributed by atoms with Gasteiger partial charge in [-0.3, -0.25) is 24.0 Å². The predicted octanol–water partition coefficient (Wildman–Crippen LogP) is 2.84. The molecule has 2 fully saturated rings. The molecule has 256 valence electrons. The largest absolute Gasteiger partial charge is 0.449 e. The zero-order chi connectivity index (χ0) is 34.2. The van der Waals surface area contributed by atoms with E-state index in [1.165, 1.54) is 0 Å². The topological polar surface area (TPSA) is 172 Å². The molecule has 2 aromatic carbocycles. The number of amides is 5. The second-order valence-electron chi connectivity index (χ2n) is 12.8. The molecule has 5 rings (SSSR count). The summed E-state index contributed by atoms with van der Waals surface area (Å²) >= 11 is 0. The molecule has 1 aliphatic heterocycles. The highest BCUT2D eigenvalue weighted by molar-refractivity contribution is 6.38. The van der Waals surface area contributed by atoms with Crippen LogP contribution in [0.25, 0.3) is 11.1 Å². The van der Waals surface area contributed by atoms with E-state index < -0.39 is 53.6 Å². The Labute approximate surface area is 280 Å². The van der Waals surface area contributed by atoms with Gasteiger partial charge in [-0.1, -0.05) is 75.2 Å². The average Bonchev–Trinajstić information content (AvgIpc) is 3.72. The fraction of sp³-hybridized carbons (Fsp3) is 0.500. The summed E-state index contributed by atoms with van der Waals surface area (Å²) < 4.78 is 5.65. The minimum absolute atomic E-state index is 0.0247. The number of rotatable bonds is 16. The lowest BCUT2D eigenvalue weighted by atomic mass is 9.95. The number of carbonyl (C=O) groups excluding carboxylic acids is 6. The average molecular weight is 660 g/mol. The number of benzene rings is 2. The first-order valence-corrected chi connectivity index (χ1v) is 17.0. The maximum atomic E-state index is 13.5. The molecule has 0 radical (unpaired) electrons. The molecule has 12 heteroatoms. The molecule has 2 aromatic rings. The van der Waals surface area contributed by atoms with Gasteiger partial charge in [0.15, 0.2) is 0 Å². The molecule has 12 nitrogen and oxygen atoms in total. The molecule has 1 saturated carbocycles. The SMILES string of the molecule is CCC[C@H](NC(=O)[C@@H](CCC)NC(=O)OCC1c2ccccc2-c2ccccc21)C(=O)N[C@@H](C[C@@H]1CCNC1=O)C(=O)C(=O)NC1CC1. The van der Waals surface area contributed by atoms with Crippen LogP contribution in [0.15, 0.2) is 48.5 Å². The Bertz CT molecular complexity index is 1490. The highest BCUT2D eigenvalue weighted by Crippen LogP contribution is 2.44. The predicted molar refractivity (Wildman–Crippen MR) is 178 cm³/mol. The number of carbonyl (C=O) groups is 6. The minimum Gasteiger partial charge on any atom is -0.449 e. The van der Waals surface area contributed by atoms with E-state index in [2.05, 4.69) is 26.6 Å². The molecule has 1 saturated heterocycles. The van der Waals surface area contributed by atoms with Crippen LogP contribution in [0.2, 0.25) is 0 Å². The fourth-order valence-electron chi connectivity index (χ4n) is 6.47. The van der Waals surface area contributed by atoms with Crippen molar-refractivity contribution < 1.29 is 33.5 Å². The molecule has 0 aromatic heterocycles. The quantitative estimate of drug-likeness (QED) is 0.173. The summed E-state index contributed by atoms with van der Waals surface area (Å²) in [4.78, 5) is 78.1. The van der Waals surface area contributed by atoms with Crippen LogP contribution in [0.3, 0.4) is 0 Å². The number of ether oxygens (including phenoxy) is 1. The monoisotopic (exact) mass is 659 g/mol. The fourth-order valence-corrected chi connectivity index (χ4v) is 6.47. The van der Waals surface area contributed by atoms with Crippen molar-refractivity contribution in [3.05, 3.63) is 59.7 Å². The van der Waals surface area contributed by atoms with Gasteiger partial charge in [-0.15, -0.1) is 0 Å². The number of hydrogen-bond donors (Lipinski definition) is 5. The summed E-state index contributed by atoms with van der Waals surface area (Å²) in [5, 5.41) is 13.4. The first-order chi connectivity index (χ1) is 23.2. The van der Waals surface area contributed by atoms with Crippen molar-refractivity contribution in [2.24, 2.45) is 5.92 Å². The lowest BCUT2D eigenvalue weighted by molar-refractivity contribution is -0.141. The van der Waals surface area contributed by atoms with Gasteiger partial charge in [0.05, 0.1) is 6.04 Å². The Morgan fingerprint density at radius 2 is 1.35 bits per heavy atom. The molecular weight excluding hydrogens is 614 g/mol. The third kappa shape index (κ3) is 8.39. The van der Waals surface area contributed by atoms with Gasteiger partial charge in [0.1, 0.15) is 18.7 Å². The second kappa shape index (κ2) is 15.9. The van der Waals surface area contributed by atoms with Gasteiger partial charge < -0.3 is 31.3 Å². The minimum atomic E-state index is -1.23. The van der Waals surface area contributed by atoms with E-state index >= 15 is 0 Å². The molecule has 5 N–H and O–H groups in total. The summed E-state index contributed by atoms with van der Waals surface area (Å²) in [6.07, 6.45) is 2.94. The first-order valence-electron chi connectivity index (χ1n) is 17.0. The van der Waals surface area contributed by atoms with Crippen molar-refractivity contribution in [1.29, 1.82) is 0 Å². The molecule has 0 spiro atoms. The van der Waals surface area contributed by atoms with Crippen LogP contribution >= 0.6 is 0 Å². The van der Waals surface area contributed by atoms with Gasteiger partial charge in [-0.2, -0.15) is 0 Å². The zero-order valence-electron chi connectivity index (χ0n) is 27.5. The number of ketones is 1. The summed E-state index contributed by atoms with van der Waals surface area (Å²) in [5.74, 6) is -3.73. The Hall–Kier alpha value is -4.74. The van der Waals surface area contributed by atoms with Crippen molar-refractivity contribution in [2.75, 3.05) is 13.2 Å². The van der Waals surface area contributed by atoms with Crippen LogP contribution in [0, 0.1) is 5.92 Å². The van der Waals surface area contributed by atoms with E-state index in [1.54, 1.807) is 0 Å². The summed E-state index contributed by atoms with van der Waals surface area (Å²) in [7, 11) is 0. The number of alkyl carbamates (subject to hydrolysis) is 1. The van der Waals surface area contributed by atoms with Crippen LogP contribution in [0.4, 0.5) is 4.79 Å². The van der Waals surface area contributed by atoms with Crippen LogP contribution in [-0.4, -0.2) is 72.8 Å². The number of nitrogens with one attached hydrogen (secondary N) is 5. The molecule has 3 aliphatic rings. The van der Waals surface area contributed by atoms with E-state index in [4.69, 9.17) is 4.74 Å². The molecule has 4 atom stereocenters. The van der Waals surface area contributed by atoms with E-state index in [9.17, 15) is 28.8 Å². The van der Waals surface area contributed by atoms with Crippen molar-refractivity contribution in [3.63, 3.8) is 0 Å².